The number of rotatable bonds is 7. The number of hydrogen-bond donors (Lipinski definition) is 4. The number of carbonyl (C=O) groups is 2. The van der Waals surface area contributed by atoms with E-state index in [2.05, 4.69) is 44.6 Å². The molecule has 0 bridgehead atoms. The molecule has 2 aromatic rings. The second-order valence-electron chi connectivity index (χ2n) is 12.3. The minimum Gasteiger partial charge on any atom is -0.495 e. The van der Waals surface area contributed by atoms with Crippen LogP contribution in [0, 0.1) is 0 Å². The largest absolute Gasteiger partial charge is 0.495 e. The fourth-order valence-electron chi connectivity index (χ4n) is 7.02. The number of hydrogen-bond acceptors (Lipinski definition) is 10. The molecule has 42 heavy (non-hydrogen) atoms. The number of fused-ring (bicyclic) bond motifs is 1. The van der Waals surface area contributed by atoms with Crippen LogP contribution in [0.15, 0.2) is 35.9 Å². The highest BCUT2D eigenvalue weighted by Gasteiger charge is 2.46. The molecule has 4 heterocycles. The minimum absolute atomic E-state index is 0.00933. The van der Waals surface area contributed by atoms with Crippen molar-refractivity contribution in [3.8, 4) is 5.75 Å². The minimum atomic E-state index is -1.48. The highest BCUT2D eigenvalue weighted by molar-refractivity contribution is 5.97. The number of aromatic nitrogens is 1. The number of nitrogens with two attached hydrogens (primary N) is 1. The van der Waals surface area contributed by atoms with Crippen molar-refractivity contribution in [2.75, 3.05) is 65.8 Å². The monoisotopic (exact) mass is 579 g/mol. The molecule has 0 radical (unpaired) electrons. The van der Waals surface area contributed by atoms with E-state index in [4.69, 9.17) is 10.5 Å². The molecule has 1 aromatic carbocycles. The maximum Gasteiger partial charge on any atom is 0.275 e. The molecular formula is C30H45N9O3. The second-order valence-corrected chi connectivity index (χ2v) is 12.3. The molecule has 1 aromatic heterocycles. The van der Waals surface area contributed by atoms with Crippen molar-refractivity contribution in [1.82, 2.24) is 34.8 Å². The van der Waals surface area contributed by atoms with Crippen molar-refractivity contribution >= 4 is 28.4 Å². The fraction of sp³-hybridized carbons (Fsp3) is 0.600. The molecule has 3 aliphatic heterocycles. The third-order valence-corrected chi connectivity index (χ3v) is 9.34. The highest BCUT2D eigenvalue weighted by Crippen LogP contribution is 2.36. The summed E-state index contributed by atoms with van der Waals surface area (Å²) in [7, 11) is 5.67. The van der Waals surface area contributed by atoms with Crippen molar-refractivity contribution in [2.24, 2.45) is 5.73 Å². The fourth-order valence-corrected chi connectivity index (χ4v) is 7.02. The molecule has 1 saturated heterocycles. The van der Waals surface area contributed by atoms with Crippen LogP contribution in [0.5, 0.6) is 5.75 Å². The molecule has 1 unspecified atom stereocenters. The number of anilines is 1. The molecule has 2 atom stereocenters. The lowest BCUT2D eigenvalue weighted by atomic mass is 10.0. The third kappa shape index (κ3) is 5.27. The van der Waals surface area contributed by atoms with E-state index in [0.717, 1.165) is 68.7 Å². The first kappa shape index (κ1) is 28.6. The number of likely N-dealkylation sites (N-methyl/N-ethyl adjacent to an activating group) is 2. The van der Waals surface area contributed by atoms with Gasteiger partial charge in [0, 0.05) is 63.4 Å². The second kappa shape index (κ2) is 11.3. The first-order valence-corrected chi connectivity index (χ1v) is 15.2. The van der Waals surface area contributed by atoms with Crippen LogP contribution in [0.4, 0.5) is 5.69 Å². The lowest BCUT2D eigenvalue weighted by molar-refractivity contribution is -0.123. The molecule has 1 aliphatic carbocycles. The van der Waals surface area contributed by atoms with Crippen LogP contribution in [0.2, 0.25) is 0 Å². The van der Waals surface area contributed by atoms with Gasteiger partial charge in [-0.05, 0) is 44.5 Å². The number of amides is 1. The Hall–Kier alpha value is -3.48. The van der Waals surface area contributed by atoms with Crippen molar-refractivity contribution in [3.05, 3.63) is 35.9 Å². The van der Waals surface area contributed by atoms with E-state index in [1.807, 2.05) is 36.3 Å². The van der Waals surface area contributed by atoms with Crippen LogP contribution in [-0.2, 0) is 4.79 Å². The van der Waals surface area contributed by atoms with E-state index in [-0.39, 0.29) is 17.9 Å². The predicted molar refractivity (Wildman–Crippen MR) is 163 cm³/mol. The van der Waals surface area contributed by atoms with E-state index < -0.39 is 5.91 Å². The third-order valence-electron chi connectivity index (χ3n) is 9.34. The lowest BCUT2D eigenvalue weighted by Gasteiger charge is -2.52. The number of carbonyl (C=O) groups excluding carboxylic acids is 2. The summed E-state index contributed by atoms with van der Waals surface area (Å²) in [5.41, 5.74) is 8.81. The van der Waals surface area contributed by atoms with Crippen LogP contribution in [0.1, 0.15) is 43.8 Å². The van der Waals surface area contributed by atoms with Gasteiger partial charge in [-0.3, -0.25) is 30.1 Å². The summed E-state index contributed by atoms with van der Waals surface area (Å²) in [4.78, 5) is 35.9. The number of ether oxygens (including phenoxy) is 1. The number of nitrogens with one attached hydrogen (secondary N) is 3. The van der Waals surface area contributed by atoms with Crippen molar-refractivity contribution in [1.29, 1.82) is 0 Å². The number of piperazine rings is 1. The standard InChI is InChI=1S/C30H45N9O3/c1-5-21-18-36(3)27-28(39(21)22-8-6-7-9-22)33-30(31,34-29(27)41)32-23-17-24-20(16-25(23)42-4)10-11-38(24)26(40)19-37-14-12-35(2)13-15-37/h10-11,16-17,21-22,32-33H,5-9,12-15,18-19,31H2,1-4H3,(H,34,41)/t21?,30-/m1/s1. The SMILES string of the molecule is CCC1CN(C)C2=C(N[C@@](N)(Nc3cc4c(ccn4C(=O)CN4CCN(C)CC4)cc3OC)NC2=O)N1C1CCCC1. The van der Waals surface area contributed by atoms with Gasteiger partial charge in [0.15, 0.2) is 0 Å². The Bertz CT molecular complexity index is 1380. The van der Waals surface area contributed by atoms with Crippen LogP contribution >= 0.6 is 0 Å². The topological polar surface area (TPSA) is 123 Å². The van der Waals surface area contributed by atoms with Crippen LogP contribution < -0.4 is 26.4 Å². The number of nitrogens with zero attached hydrogens (tertiary/aromatic N) is 5. The molecular weight excluding hydrogens is 534 g/mol. The molecule has 1 saturated carbocycles. The smallest absolute Gasteiger partial charge is 0.275 e. The van der Waals surface area contributed by atoms with E-state index in [9.17, 15) is 9.59 Å². The zero-order valence-corrected chi connectivity index (χ0v) is 25.3. The van der Waals surface area contributed by atoms with Crippen LogP contribution in [0.3, 0.4) is 0 Å². The Labute approximate surface area is 247 Å². The molecule has 2 fully saturated rings. The van der Waals surface area contributed by atoms with Crippen LogP contribution in [0.25, 0.3) is 10.9 Å². The Kier molecular flexibility index (Phi) is 7.71. The molecule has 5 N–H and O–H groups in total. The van der Waals surface area contributed by atoms with Gasteiger partial charge >= 0.3 is 0 Å². The predicted octanol–water partition coefficient (Wildman–Crippen LogP) is 1.38. The Balaban J connectivity index is 1.29. The van der Waals surface area contributed by atoms with Crippen molar-refractivity contribution < 1.29 is 14.3 Å². The van der Waals surface area contributed by atoms with Gasteiger partial charge in [0.25, 0.3) is 5.91 Å². The van der Waals surface area contributed by atoms with Crippen LogP contribution in [-0.4, -0.2) is 114 Å². The first-order chi connectivity index (χ1) is 20.2. The summed E-state index contributed by atoms with van der Waals surface area (Å²) in [5.74, 6) is -0.371. The molecule has 6 rings (SSSR count). The Morgan fingerprint density at radius 3 is 2.57 bits per heavy atom. The average Bonchev–Trinajstić information content (AvgIpc) is 3.63. The summed E-state index contributed by atoms with van der Waals surface area (Å²) >= 11 is 0. The van der Waals surface area contributed by atoms with Gasteiger partial charge < -0.3 is 30.1 Å². The number of methoxy groups -OCH3 is 1. The van der Waals surface area contributed by atoms with Gasteiger partial charge in [-0.25, -0.2) is 0 Å². The molecule has 228 valence electrons. The molecule has 4 aliphatic rings. The molecule has 1 amide bonds. The number of benzene rings is 1. The van der Waals surface area contributed by atoms with E-state index in [0.29, 0.717) is 29.7 Å². The first-order valence-electron chi connectivity index (χ1n) is 15.2. The summed E-state index contributed by atoms with van der Waals surface area (Å²) in [6.45, 7) is 6.98. The van der Waals surface area contributed by atoms with E-state index in [1.165, 1.54) is 12.8 Å². The summed E-state index contributed by atoms with van der Waals surface area (Å²) < 4.78 is 7.43. The van der Waals surface area contributed by atoms with Crippen molar-refractivity contribution in [3.63, 3.8) is 0 Å². The van der Waals surface area contributed by atoms with Crippen molar-refractivity contribution in [2.45, 2.75) is 57.0 Å². The Morgan fingerprint density at radius 1 is 1.14 bits per heavy atom. The lowest BCUT2D eigenvalue weighted by Crippen LogP contribution is -2.76. The molecule has 0 spiro atoms. The van der Waals surface area contributed by atoms with Gasteiger partial charge in [-0.15, -0.1) is 0 Å². The quantitative estimate of drug-likeness (QED) is 0.358. The van der Waals surface area contributed by atoms with Gasteiger partial charge in [0.2, 0.25) is 11.8 Å². The summed E-state index contributed by atoms with van der Waals surface area (Å²) in [6, 6.07) is 6.33. The normalized spacial score (nSPS) is 25.9. The molecule has 12 heteroatoms. The van der Waals surface area contributed by atoms with Gasteiger partial charge in [-0.1, -0.05) is 19.8 Å². The van der Waals surface area contributed by atoms with Gasteiger partial charge in [-0.2, -0.15) is 0 Å². The molecule has 12 nitrogen and oxygen atoms in total. The maximum absolute atomic E-state index is 13.6. The van der Waals surface area contributed by atoms with Gasteiger partial charge in [0.05, 0.1) is 24.9 Å². The zero-order chi connectivity index (χ0) is 29.6. The summed E-state index contributed by atoms with van der Waals surface area (Å²) in [6.07, 6.45) is 7.38. The van der Waals surface area contributed by atoms with E-state index >= 15 is 0 Å². The highest BCUT2D eigenvalue weighted by atomic mass is 16.5. The Morgan fingerprint density at radius 2 is 1.88 bits per heavy atom. The van der Waals surface area contributed by atoms with Gasteiger partial charge in [0.1, 0.15) is 17.3 Å². The maximum atomic E-state index is 13.6. The summed E-state index contributed by atoms with van der Waals surface area (Å²) in [5, 5.41) is 10.6. The van der Waals surface area contributed by atoms with E-state index in [1.54, 1.807) is 11.7 Å². The zero-order valence-electron chi connectivity index (χ0n) is 25.3. The average molecular weight is 580 g/mol.